The third-order valence-corrected chi connectivity index (χ3v) is 1.74. The minimum atomic E-state index is -0.135. The summed E-state index contributed by atoms with van der Waals surface area (Å²) in [6, 6.07) is 3.52. The Morgan fingerprint density at radius 3 is 3.00 bits per heavy atom. The van der Waals surface area contributed by atoms with Crippen molar-refractivity contribution in [1.82, 2.24) is 4.98 Å². The van der Waals surface area contributed by atoms with Gasteiger partial charge in [0.15, 0.2) is 0 Å². The van der Waals surface area contributed by atoms with E-state index in [0.717, 1.165) is 0 Å². The van der Waals surface area contributed by atoms with Crippen LogP contribution in [0.4, 0.5) is 5.82 Å². The highest BCUT2D eigenvalue weighted by atomic mass is 16.5. The first-order valence-electron chi connectivity index (χ1n) is 4.48. The number of anilines is 1. The summed E-state index contributed by atoms with van der Waals surface area (Å²) in [5.74, 6) is 0.767. The predicted octanol–water partition coefficient (Wildman–Crippen LogP) is 0.949. The molecule has 1 rings (SSSR count). The molecule has 1 aromatic heterocycles. The number of pyridine rings is 1. The van der Waals surface area contributed by atoms with Crippen LogP contribution in [0.25, 0.3) is 0 Å². The summed E-state index contributed by atoms with van der Waals surface area (Å²) in [7, 11) is 1.59. The van der Waals surface area contributed by atoms with Crippen molar-refractivity contribution in [2.75, 3.05) is 19.5 Å². The minimum absolute atomic E-state index is 0.135. The van der Waals surface area contributed by atoms with Crippen LogP contribution in [0, 0.1) is 11.3 Å². The first-order chi connectivity index (χ1) is 7.17. The van der Waals surface area contributed by atoms with Gasteiger partial charge >= 0.3 is 0 Å². The third kappa shape index (κ3) is 3.11. The zero-order chi connectivity index (χ0) is 11.3. The van der Waals surface area contributed by atoms with Gasteiger partial charge in [0.05, 0.1) is 12.8 Å². The van der Waals surface area contributed by atoms with E-state index in [2.05, 4.69) is 4.98 Å². The van der Waals surface area contributed by atoms with Crippen LogP contribution in [0.5, 0.6) is 5.75 Å². The van der Waals surface area contributed by atoms with Crippen molar-refractivity contribution in [3.63, 3.8) is 0 Å². The van der Waals surface area contributed by atoms with Crippen molar-refractivity contribution in [3.05, 3.63) is 17.8 Å². The van der Waals surface area contributed by atoms with Gasteiger partial charge in [0.25, 0.3) is 0 Å². The van der Waals surface area contributed by atoms with Gasteiger partial charge in [-0.15, -0.1) is 0 Å². The molecule has 0 aromatic carbocycles. The molecule has 0 aliphatic heterocycles. The lowest BCUT2D eigenvalue weighted by Gasteiger charge is -2.14. The fourth-order valence-electron chi connectivity index (χ4n) is 1.12. The summed E-state index contributed by atoms with van der Waals surface area (Å²) in [4.78, 5) is 3.81. The highest BCUT2D eigenvalue weighted by Gasteiger charge is 2.09. The van der Waals surface area contributed by atoms with Crippen molar-refractivity contribution in [3.8, 4) is 11.8 Å². The lowest BCUT2D eigenvalue weighted by Crippen LogP contribution is -2.18. The second-order valence-corrected chi connectivity index (χ2v) is 3.10. The molecule has 0 fully saturated rings. The van der Waals surface area contributed by atoms with Crippen LogP contribution in [-0.4, -0.2) is 24.8 Å². The maximum absolute atomic E-state index is 8.81. The highest BCUT2D eigenvalue weighted by molar-refractivity contribution is 5.47. The molecule has 1 atom stereocenters. The minimum Gasteiger partial charge on any atom is -0.487 e. The lowest BCUT2D eigenvalue weighted by molar-refractivity contribution is 0.0919. The fraction of sp³-hybridized carbons (Fsp3) is 0.400. The molecule has 0 saturated carbocycles. The van der Waals surface area contributed by atoms with E-state index < -0.39 is 0 Å². The predicted molar refractivity (Wildman–Crippen MR) is 55.3 cm³/mol. The Balaban J connectivity index is 2.83. The number of aromatic nitrogens is 1. The number of ether oxygens (including phenoxy) is 2. The molecule has 5 heteroatoms. The monoisotopic (exact) mass is 207 g/mol. The van der Waals surface area contributed by atoms with E-state index in [-0.39, 0.29) is 6.10 Å². The Labute approximate surface area is 88.4 Å². The number of nitrogens with two attached hydrogens (primary N) is 1. The molecular formula is C10H13N3O2. The van der Waals surface area contributed by atoms with Crippen LogP contribution in [0.3, 0.4) is 0 Å². The summed E-state index contributed by atoms with van der Waals surface area (Å²) < 4.78 is 10.4. The Morgan fingerprint density at radius 2 is 2.40 bits per heavy atom. The van der Waals surface area contributed by atoms with Gasteiger partial charge in [0.1, 0.15) is 29.3 Å². The van der Waals surface area contributed by atoms with E-state index in [9.17, 15) is 0 Å². The third-order valence-electron chi connectivity index (χ3n) is 1.74. The molecule has 5 nitrogen and oxygen atoms in total. The molecule has 2 N–H and O–H groups in total. The van der Waals surface area contributed by atoms with E-state index in [1.165, 1.54) is 12.3 Å². The van der Waals surface area contributed by atoms with Gasteiger partial charge in [-0.25, -0.2) is 4.98 Å². The standard InChI is InChI=1S/C10H13N3O2/c1-7(6-14-2)15-9-3-10(12)13-5-8(9)4-11/h3,5,7H,6H2,1-2H3,(H2,12,13)/t7-/m1/s1. The molecule has 1 heterocycles. The van der Waals surface area contributed by atoms with Crippen LogP contribution in [0.1, 0.15) is 12.5 Å². The number of nitriles is 1. The molecule has 0 aliphatic carbocycles. The normalized spacial score (nSPS) is 11.8. The molecule has 1 aromatic rings. The van der Waals surface area contributed by atoms with Crippen LogP contribution in [0.15, 0.2) is 12.3 Å². The Bertz CT molecular complexity index is 373. The van der Waals surface area contributed by atoms with Crippen LogP contribution in [-0.2, 0) is 4.74 Å². The number of rotatable bonds is 4. The Morgan fingerprint density at radius 1 is 1.67 bits per heavy atom. The van der Waals surface area contributed by atoms with Crippen molar-refractivity contribution in [2.45, 2.75) is 13.0 Å². The molecule has 0 bridgehead atoms. The first-order valence-corrected chi connectivity index (χ1v) is 4.48. The summed E-state index contributed by atoms with van der Waals surface area (Å²) in [5, 5.41) is 8.81. The van der Waals surface area contributed by atoms with Crippen molar-refractivity contribution >= 4 is 5.82 Å². The van der Waals surface area contributed by atoms with Gasteiger partial charge in [-0.05, 0) is 6.92 Å². The molecule has 0 aliphatic rings. The number of methoxy groups -OCH3 is 1. The topological polar surface area (TPSA) is 81.2 Å². The summed E-state index contributed by atoms with van der Waals surface area (Å²) in [5.41, 5.74) is 5.87. The molecule has 80 valence electrons. The largest absolute Gasteiger partial charge is 0.487 e. The maximum atomic E-state index is 8.81. The van der Waals surface area contributed by atoms with Crippen LogP contribution >= 0.6 is 0 Å². The lowest BCUT2D eigenvalue weighted by atomic mass is 10.2. The second-order valence-electron chi connectivity index (χ2n) is 3.10. The van der Waals surface area contributed by atoms with Gasteiger partial charge in [0, 0.05) is 13.2 Å². The smallest absolute Gasteiger partial charge is 0.142 e. The zero-order valence-electron chi connectivity index (χ0n) is 8.73. The van der Waals surface area contributed by atoms with Gasteiger partial charge < -0.3 is 15.2 Å². The SMILES string of the molecule is COC[C@@H](C)Oc1cc(N)ncc1C#N. The summed E-state index contributed by atoms with van der Waals surface area (Å²) in [6.45, 7) is 2.30. The number of hydrogen-bond donors (Lipinski definition) is 1. The number of hydrogen-bond acceptors (Lipinski definition) is 5. The van der Waals surface area contributed by atoms with Gasteiger partial charge in [-0.3, -0.25) is 0 Å². The molecule has 0 amide bonds. The average Bonchev–Trinajstić information content (AvgIpc) is 2.18. The van der Waals surface area contributed by atoms with Crippen LogP contribution in [0.2, 0.25) is 0 Å². The van der Waals surface area contributed by atoms with Crippen molar-refractivity contribution in [2.24, 2.45) is 0 Å². The first kappa shape index (κ1) is 11.3. The Kier molecular flexibility index (Phi) is 3.89. The van der Waals surface area contributed by atoms with Crippen molar-refractivity contribution < 1.29 is 9.47 Å². The van der Waals surface area contributed by atoms with E-state index in [0.29, 0.717) is 23.7 Å². The zero-order valence-corrected chi connectivity index (χ0v) is 8.73. The van der Waals surface area contributed by atoms with E-state index >= 15 is 0 Å². The van der Waals surface area contributed by atoms with Gasteiger partial charge in [-0.1, -0.05) is 0 Å². The van der Waals surface area contributed by atoms with E-state index in [1.807, 2.05) is 13.0 Å². The highest BCUT2D eigenvalue weighted by Crippen LogP contribution is 2.20. The number of nitrogen functional groups attached to an aromatic ring is 1. The average molecular weight is 207 g/mol. The molecule has 15 heavy (non-hydrogen) atoms. The second kappa shape index (κ2) is 5.17. The van der Waals surface area contributed by atoms with Crippen LogP contribution < -0.4 is 10.5 Å². The fourth-order valence-corrected chi connectivity index (χ4v) is 1.12. The summed E-state index contributed by atoms with van der Waals surface area (Å²) >= 11 is 0. The van der Waals surface area contributed by atoms with E-state index in [1.54, 1.807) is 7.11 Å². The molecule has 0 saturated heterocycles. The van der Waals surface area contributed by atoms with Gasteiger partial charge in [0.2, 0.25) is 0 Å². The van der Waals surface area contributed by atoms with E-state index in [4.69, 9.17) is 20.5 Å². The summed E-state index contributed by atoms with van der Waals surface area (Å²) in [6.07, 6.45) is 1.26. The quantitative estimate of drug-likeness (QED) is 0.794. The Hall–Kier alpha value is -1.80. The van der Waals surface area contributed by atoms with Gasteiger partial charge in [-0.2, -0.15) is 5.26 Å². The van der Waals surface area contributed by atoms with Crippen molar-refractivity contribution in [1.29, 1.82) is 5.26 Å². The molecule has 0 unspecified atom stereocenters. The number of nitrogens with zero attached hydrogens (tertiary/aromatic N) is 2. The molecule has 0 spiro atoms. The molecule has 0 radical (unpaired) electrons. The molecular weight excluding hydrogens is 194 g/mol. The maximum Gasteiger partial charge on any atom is 0.142 e.